The monoisotopic (exact) mass is 367 g/mol. The Labute approximate surface area is 155 Å². The molecule has 0 fully saturated rings. The fourth-order valence-corrected chi connectivity index (χ4v) is 2.78. The third-order valence-electron chi connectivity index (χ3n) is 3.29. The first-order chi connectivity index (χ1) is 12.6. The molecule has 132 valence electrons. The summed E-state index contributed by atoms with van der Waals surface area (Å²) in [6, 6.07) is 11.4. The van der Waals surface area contributed by atoms with Gasteiger partial charge in [-0.15, -0.1) is 11.3 Å². The van der Waals surface area contributed by atoms with Gasteiger partial charge in [0.15, 0.2) is 22.4 Å². The minimum Gasteiger partial charge on any atom is -0.485 e. The van der Waals surface area contributed by atoms with Gasteiger partial charge in [0.05, 0.1) is 11.9 Å². The average molecular weight is 367 g/mol. The van der Waals surface area contributed by atoms with Gasteiger partial charge in [-0.25, -0.2) is 14.8 Å². The average Bonchev–Trinajstić information content (AvgIpc) is 3.07. The summed E-state index contributed by atoms with van der Waals surface area (Å²) in [5.41, 5.74) is 1.93. The molecule has 1 aromatic carbocycles. The summed E-state index contributed by atoms with van der Waals surface area (Å²) in [5, 5.41) is 5.78. The zero-order valence-electron chi connectivity index (χ0n) is 14.1. The lowest BCUT2D eigenvalue weighted by molar-refractivity contribution is -0.128. The summed E-state index contributed by atoms with van der Waals surface area (Å²) in [4.78, 5) is 20.1. The van der Waals surface area contributed by atoms with Crippen LogP contribution in [0.5, 0.6) is 11.5 Å². The second kappa shape index (κ2) is 8.26. The van der Waals surface area contributed by atoms with E-state index >= 15 is 0 Å². The highest BCUT2D eigenvalue weighted by molar-refractivity contribution is 7.13. The Morgan fingerprint density at radius 3 is 2.85 bits per heavy atom. The molecule has 0 saturated heterocycles. The van der Waals surface area contributed by atoms with Gasteiger partial charge in [-0.1, -0.05) is 36.9 Å². The van der Waals surface area contributed by atoms with E-state index in [1.807, 2.05) is 42.6 Å². The normalized spacial score (nSPS) is 10.2. The maximum absolute atomic E-state index is 11.4. The van der Waals surface area contributed by atoms with Crippen LogP contribution in [0.3, 0.4) is 0 Å². The van der Waals surface area contributed by atoms with E-state index in [0.29, 0.717) is 23.3 Å². The van der Waals surface area contributed by atoms with Crippen molar-refractivity contribution in [2.75, 3.05) is 5.32 Å². The third kappa shape index (κ3) is 4.67. The van der Waals surface area contributed by atoms with Crippen LogP contribution in [-0.2, 0) is 11.4 Å². The van der Waals surface area contributed by atoms with E-state index in [1.165, 1.54) is 17.5 Å². The summed E-state index contributed by atoms with van der Waals surface area (Å²) < 4.78 is 11.0. The first kappa shape index (κ1) is 17.6. The second-order valence-corrected chi connectivity index (χ2v) is 6.19. The fourth-order valence-electron chi connectivity index (χ4n) is 2.09. The SMILES string of the molecule is C=CC(=O)Oc1cnc(Nc2nc(C)cs2)c(OCc2ccccc2)c1. The molecule has 0 aliphatic rings. The van der Waals surface area contributed by atoms with Crippen molar-refractivity contribution >= 4 is 28.3 Å². The number of carbonyl (C=O) groups excluding carboxylic acids is 1. The number of thiazole rings is 1. The summed E-state index contributed by atoms with van der Waals surface area (Å²) in [5.74, 6) is 0.667. The first-order valence-corrected chi connectivity index (χ1v) is 8.72. The number of aromatic nitrogens is 2. The molecule has 6 nitrogen and oxygen atoms in total. The maximum Gasteiger partial charge on any atom is 0.335 e. The van der Waals surface area contributed by atoms with Gasteiger partial charge in [-0.05, 0) is 12.5 Å². The maximum atomic E-state index is 11.4. The van der Waals surface area contributed by atoms with Gasteiger partial charge in [-0.2, -0.15) is 0 Å². The minimum atomic E-state index is -0.558. The molecule has 7 heteroatoms. The Hall–Kier alpha value is -3.19. The number of benzene rings is 1. The summed E-state index contributed by atoms with van der Waals surface area (Å²) in [6.45, 7) is 5.66. The van der Waals surface area contributed by atoms with Crippen molar-refractivity contribution in [2.24, 2.45) is 0 Å². The van der Waals surface area contributed by atoms with E-state index < -0.39 is 5.97 Å². The van der Waals surface area contributed by atoms with Crippen molar-refractivity contribution in [3.05, 3.63) is 71.9 Å². The molecule has 3 rings (SSSR count). The second-order valence-electron chi connectivity index (χ2n) is 5.34. The van der Waals surface area contributed by atoms with E-state index in [2.05, 4.69) is 21.9 Å². The molecule has 3 aromatic rings. The van der Waals surface area contributed by atoms with Crippen LogP contribution in [0.4, 0.5) is 10.9 Å². The van der Waals surface area contributed by atoms with Gasteiger partial charge in [0.2, 0.25) is 0 Å². The molecule has 0 unspecified atom stereocenters. The van der Waals surface area contributed by atoms with E-state index in [1.54, 1.807) is 6.07 Å². The number of nitrogens with zero attached hydrogens (tertiary/aromatic N) is 2. The molecule has 2 heterocycles. The topological polar surface area (TPSA) is 73.3 Å². The molecule has 0 atom stereocenters. The van der Waals surface area contributed by atoms with Crippen LogP contribution in [0.25, 0.3) is 0 Å². The van der Waals surface area contributed by atoms with Gasteiger partial charge >= 0.3 is 5.97 Å². The van der Waals surface area contributed by atoms with Crippen LogP contribution in [0.2, 0.25) is 0 Å². The van der Waals surface area contributed by atoms with Crippen molar-refractivity contribution in [1.29, 1.82) is 0 Å². The number of esters is 1. The van der Waals surface area contributed by atoms with Crippen LogP contribution < -0.4 is 14.8 Å². The van der Waals surface area contributed by atoms with Gasteiger partial charge in [0.25, 0.3) is 0 Å². The highest BCUT2D eigenvalue weighted by Gasteiger charge is 2.12. The van der Waals surface area contributed by atoms with E-state index in [4.69, 9.17) is 9.47 Å². The number of hydrogen-bond acceptors (Lipinski definition) is 7. The number of carbonyl (C=O) groups is 1. The number of anilines is 2. The third-order valence-corrected chi connectivity index (χ3v) is 4.17. The fraction of sp³-hybridized carbons (Fsp3) is 0.105. The zero-order chi connectivity index (χ0) is 18.4. The minimum absolute atomic E-state index is 0.277. The van der Waals surface area contributed by atoms with Crippen molar-refractivity contribution in [3.8, 4) is 11.5 Å². The van der Waals surface area contributed by atoms with Gasteiger partial charge in [0.1, 0.15) is 6.61 Å². The van der Waals surface area contributed by atoms with Gasteiger partial charge < -0.3 is 14.8 Å². The molecular formula is C19H17N3O3S. The van der Waals surface area contributed by atoms with E-state index in [9.17, 15) is 4.79 Å². The summed E-state index contributed by atoms with van der Waals surface area (Å²) in [7, 11) is 0. The Kier molecular flexibility index (Phi) is 5.60. The van der Waals surface area contributed by atoms with Crippen LogP contribution >= 0.6 is 11.3 Å². The van der Waals surface area contributed by atoms with Crippen LogP contribution in [0.15, 0.2) is 60.6 Å². The molecule has 0 saturated carbocycles. The van der Waals surface area contributed by atoms with E-state index in [0.717, 1.165) is 17.3 Å². The predicted octanol–water partition coefficient (Wildman–Crippen LogP) is 4.26. The quantitative estimate of drug-likeness (QED) is 0.497. The van der Waals surface area contributed by atoms with Crippen molar-refractivity contribution in [1.82, 2.24) is 9.97 Å². The largest absolute Gasteiger partial charge is 0.485 e. The summed E-state index contributed by atoms with van der Waals surface area (Å²) >= 11 is 1.47. The molecule has 0 bridgehead atoms. The van der Waals surface area contributed by atoms with Gasteiger partial charge in [0, 0.05) is 17.5 Å². The standard InChI is InChI=1S/C19H17N3O3S/c1-3-17(23)25-15-9-16(24-11-14-7-5-4-6-8-14)18(20-10-15)22-19-21-13(2)12-26-19/h3-10,12H,1,11H2,2H3,(H,20,21,22). The molecule has 0 spiro atoms. The molecule has 1 N–H and O–H groups in total. The Morgan fingerprint density at radius 1 is 1.35 bits per heavy atom. The number of aryl methyl sites for hydroxylation is 1. The molecular weight excluding hydrogens is 350 g/mol. The lowest BCUT2D eigenvalue weighted by Crippen LogP contribution is -2.06. The summed E-state index contributed by atoms with van der Waals surface area (Å²) in [6.07, 6.45) is 2.54. The number of nitrogens with one attached hydrogen (secondary N) is 1. The highest BCUT2D eigenvalue weighted by Crippen LogP contribution is 2.31. The molecule has 0 aliphatic heterocycles. The number of ether oxygens (including phenoxy) is 2. The van der Waals surface area contributed by atoms with Crippen molar-refractivity contribution in [3.63, 3.8) is 0 Å². The molecule has 26 heavy (non-hydrogen) atoms. The lowest BCUT2D eigenvalue weighted by atomic mass is 10.2. The Morgan fingerprint density at radius 2 is 2.15 bits per heavy atom. The first-order valence-electron chi connectivity index (χ1n) is 7.84. The van der Waals surface area contributed by atoms with E-state index in [-0.39, 0.29) is 5.75 Å². The number of hydrogen-bond donors (Lipinski definition) is 1. The molecule has 0 aliphatic carbocycles. The van der Waals surface area contributed by atoms with Crippen LogP contribution in [-0.4, -0.2) is 15.9 Å². The lowest BCUT2D eigenvalue weighted by Gasteiger charge is -2.12. The van der Waals surface area contributed by atoms with Gasteiger partial charge in [-0.3, -0.25) is 0 Å². The number of pyridine rings is 1. The molecule has 2 aromatic heterocycles. The predicted molar refractivity (Wildman–Crippen MR) is 101 cm³/mol. The number of rotatable bonds is 7. The smallest absolute Gasteiger partial charge is 0.335 e. The highest BCUT2D eigenvalue weighted by atomic mass is 32.1. The van der Waals surface area contributed by atoms with Crippen molar-refractivity contribution in [2.45, 2.75) is 13.5 Å². The molecule has 0 amide bonds. The van der Waals surface area contributed by atoms with Crippen molar-refractivity contribution < 1.29 is 14.3 Å². The van der Waals surface area contributed by atoms with Crippen LogP contribution in [0.1, 0.15) is 11.3 Å². The van der Waals surface area contributed by atoms with Crippen LogP contribution in [0, 0.1) is 6.92 Å². The Balaban J connectivity index is 1.83. The molecule has 0 radical (unpaired) electrons. The zero-order valence-corrected chi connectivity index (χ0v) is 15.0. The Bertz CT molecular complexity index is 909.